The van der Waals surface area contributed by atoms with Crippen LogP contribution in [0.4, 0.5) is 0 Å². The van der Waals surface area contributed by atoms with E-state index in [1.54, 1.807) is 17.4 Å². The monoisotopic (exact) mass is 409 g/mol. The summed E-state index contributed by atoms with van der Waals surface area (Å²) < 4.78 is 6.86. The molecule has 0 unspecified atom stereocenters. The highest BCUT2D eigenvalue weighted by Crippen LogP contribution is 2.19. The molecule has 29 heavy (non-hydrogen) atoms. The van der Waals surface area contributed by atoms with Crippen molar-refractivity contribution in [1.29, 1.82) is 0 Å². The van der Waals surface area contributed by atoms with Crippen molar-refractivity contribution < 1.29 is 14.3 Å². The molecule has 0 bridgehead atoms. The standard InChI is InChI=1S/C22H23N3O3S/c1-16-20(17(2)25(24-16)18-7-4-3-5-8-18)10-11-22(27)28-15-21(26)23-13-12-19-9-6-14-29-19/h3-11,14H,12-13,15H2,1-2H3,(H,23,26)/b11-10+. The summed E-state index contributed by atoms with van der Waals surface area (Å²) in [5.41, 5.74) is 3.53. The highest BCUT2D eigenvalue weighted by Gasteiger charge is 2.11. The molecule has 0 saturated heterocycles. The van der Waals surface area contributed by atoms with Gasteiger partial charge >= 0.3 is 5.97 Å². The number of carbonyl (C=O) groups excluding carboxylic acids is 2. The van der Waals surface area contributed by atoms with E-state index < -0.39 is 5.97 Å². The summed E-state index contributed by atoms with van der Waals surface area (Å²) >= 11 is 1.65. The third kappa shape index (κ3) is 5.65. The number of carbonyl (C=O) groups is 2. The van der Waals surface area contributed by atoms with Gasteiger partial charge in [-0.05, 0) is 49.9 Å². The number of benzene rings is 1. The number of esters is 1. The van der Waals surface area contributed by atoms with Crippen molar-refractivity contribution in [3.8, 4) is 5.69 Å². The second kappa shape index (κ2) is 9.84. The van der Waals surface area contributed by atoms with Gasteiger partial charge in [0.15, 0.2) is 6.61 Å². The maximum Gasteiger partial charge on any atom is 0.331 e. The molecule has 0 radical (unpaired) electrons. The van der Waals surface area contributed by atoms with Gasteiger partial charge in [-0.15, -0.1) is 11.3 Å². The van der Waals surface area contributed by atoms with Gasteiger partial charge in [-0.3, -0.25) is 4.79 Å². The van der Waals surface area contributed by atoms with Gasteiger partial charge in [-0.1, -0.05) is 24.3 Å². The summed E-state index contributed by atoms with van der Waals surface area (Å²) in [7, 11) is 0. The van der Waals surface area contributed by atoms with Crippen LogP contribution in [0.3, 0.4) is 0 Å². The number of aryl methyl sites for hydroxylation is 1. The zero-order valence-corrected chi connectivity index (χ0v) is 17.2. The molecule has 1 aromatic carbocycles. The van der Waals surface area contributed by atoms with Crippen LogP contribution in [0.1, 0.15) is 21.8 Å². The topological polar surface area (TPSA) is 73.2 Å². The van der Waals surface area contributed by atoms with E-state index in [4.69, 9.17) is 4.74 Å². The number of ether oxygens (including phenoxy) is 1. The molecule has 0 fully saturated rings. The summed E-state index contributed by atoms with van der Waals surface area (Å²) in [5, 5.41) is 9.28. The Labute approximate surface area is 173 Å². The predicted molar refractivity (Wildman–Crippen MR) is 114 cm³/mol. The van der Waals surface area contributed by atoms with E-state index in [-0.39, 0.29) is 12.5 Å². The number of rotatable bonds is 8. The van der Waals surface area contributed by atoms with E-state index in [1.165, 1.54) is 11.0 Å². The minimum atomic E-state index is -0.565. The summed E-state index contributed by atoms with van der Waals surface area (Å²) in [4.78, 5) is 25.0. The molecule has 150 valence electrons. The molecular weight excluding hydrogens is 386 g/mol. The first-order valence-electron chi connectivity index (χ1n) is 9.30. The fourth-order valence-electron chi connectivity index (χ4n) is 2.88. The van der Waals surface area contributed by atoms with Crippen molar-refractivity contribution in [2.24, 2.45) is 0 Å². The molecule has 6 nitrogen and oxygen atoms in total. The number of hydrogen-bond donors (Lipinski definition) is 1. The molecule has 0 spiro atoms. The Morgan fingerprint density at radius 1 is 1.17 bits per heavy atom. The van der Waals surface area contributed by atoms with Gasteiger partial charge in [0.2, 0.25) is 0 Å². The molecule has 1 N–H and O–H groups in total. The normalized spacial score (nSPS) is 11.0. The molecule has 0 aliphatic heterocycles. The first kappa shape index (κ1) is 20.5. The highest BCUT2D eigenvalue weighted by atomic mass is 32.1. The van der Waals surface area contributed by atoms with Gasteiger partial charge in [0, 0.05) is 28.8 Å². The fraction of sp³-hybridized carbons (Fsp3) is 0.227. The van der Waals surface area contributed by atoms with Gasteiger partial charge in [-0.25, -0.2) is 9.48 Å². The Balaban J connectivity index is 1.50. The number of para-hydroxylation sites is 1. The lowest BCUT2D eigenvalue weighted by Crippen LogP contribution is -2.30. The molecule has 2 heterocycles. The van der Waals surface area contributed by atoms with Crippen LogP contribution in [0.5, 0.6) is 0 Å². The van der Waals surface area contributed by atoms with Gasteiger partial charge in [-0.2, -0.15) is 5.10 Å². The van der Waals surface area contributed by atoms with Crippen molar-refractivity contribution in [3.05, 3.63) is 75.7 Å². The molecule has 0 aliphatic rings. The second-order valence-electron chi connectivity index (χ2n) is 6.45. The van der Waals surface area contributed by atoms with Crippen LogP contribution in [0.15, 0.2) is 53.9 Å². The first-order chi connectivity index (χ1) is 14.0. The van der Waals surface area contributed by atoms with E-state index in [1.807, 2.05) is 66.4 Å². The minimum absolute atomic E-state index is 0.297. The summed E-state index contributed by atoms with van der Waals surface area (Å²) in [6.07, 6.45) is 3.76. The summed E-state index contributed by atoms with van der Waals surface area (Å²) in [5.74, 6) is -0.878. The molecule has 0 saturated carbocycles. The van der Waals surface area contributed by atoms with Crippen LogP contribution >= 0.6 is 11.3 Å². The van der Waals surface area contributed by atoms with Crippen LogP contribution in [0, 0.1) is 13.8 Å². The Hall–Kier alpha value is -3.19. The van der Waals surface area contributed by atoms with Gasteiger partial charge < -0.3 is 10.1 Å². The predicted octanol–water partition coefficient (Wildman–Crippen LogP) is 3.47. The van der Waals surface area contributed by atoms with E-state index >= 15 is 0 Å². The third-order valence-electron chi connectivity index (χ3n) is 4.35. The quantitative estimate of drug-likeness (QED) is 0.457. The Morgan fingerprint density at radius 2 is 1.97 bits per heavy atom. The molecule has 7 heteroatoms. The van der Waals surface area contributed by atoms with E-state index in [0.717, 1.165) is 29.1 Å². The fourth-order valence-corrected chi connectivity index (χ4v) is 3.59. The average Bonchev–Trinajstić information content (AvgIpc) is 3.33. The van der Waals surface area contributed by atoms with Gasteiger partial charge in [0.25, 0.3) is 5.91 Å². The molecule has 0 atom stereocenters. The molecular formula is C22H23N3O3S. The third-order valence-corrected chi connectivity index (χ3v) is 5.29. The smallest absolute Gasteiger partial charge is 0.331 e. The Morgan fingerprint density at radius 3 is 2.69 bits per heavy atom. The zero-order chi connectivity index (χ0) is 20.6. The number of thiophene rings is 1. The van der Waals surface area contributed by atoms with Crippen LogP contribution in [0.2, 0.25) is 0 Å². The number of aromatic nitrogens is 2. The average molecular weight is 410 g/mol. The Bertz CT molecular complexity index is 992. The summed E-state index contributed by atoms with van der Waals surface area (Å²) in [6, 6.07) is 13.8. The molecule has 0 aliphatic carbocycles. The van der Waals surface area contributed by atoms with Gasteiger partial charge in [0.1, 0.15) is 0 Å². The van der Waals surface area contributed by atoms with Crippen molar-refractivity contribution in [2.75, 3.05) is 13.2 Å². The van der Waals surface area contributed by atoms with Crippen molar-refractivity contribution >= 4 is 29.3 Å². The first-order valence-corrected chi connectivity index (χ1v) is 10.2. The number of nitrogens with zero attached hydrogens (tertiary/aromatic N) is 2. The van der Waals surface area contributed by atoms with Crippen molar-refractivity contribution in [1.82, 2.24) is 15.1 Å². The number of amides is 1. The Kier molecular flexibility index (Phi) is 6.97. The van der Waals surface area contributed by atoms with Crippen LogP contribution in [0.25, 0.3) is 11.8 Å². The molecule has 3 rings (SSSR count). The second-order valence-corrected chi connectivity index (χ2v) is 7.48. The van der Waals surface area contributed by atoms with Crippen LogP contribution in [-0.2, 0) is 20.7 Å². The largest absolute Gasteiger partial charge is 0.452 e. The van der Waals surface area contributed by atoms with Gasteiger partial charge in [0.05, 0.1) is 11.4 Å². The van der Waals surface area contributed by atoms with Crippen LogP contribution < -0.4 is 5.32 Å². The van der Waals surface area contributed by atoms with Crippen LogP contribution in [-0.4, -0.2) is 34.8 Å². The summed E-state index contributed by atoms with van der Waals surface area (Å²) in [6.45, 7) is 4.05. The zero-order valence-electron chi connectivity index (χ0n) is 16.4. The SMILES string of the molecule is Cc1nn(-c2ccccc2)c(C)c1/C=C/C(=O)OCC(=O)NCCc1cccs1. The lowest BCUT2D eigenvalue weighted by molar-refractivity contribution is -0.143. The number of hydrogen-bond acceptors (Lipinski definition) is 5. The maximum atomic E-state index is 12.0. The molecule has 3 aromatic rings. The molecule has 1 amide bonds. The number of nitrogens with one attached hydrogen (secondary N) is 1. The van der Waals surface area contributed by atoms with Crippen molar-refractivity contribution in [2.45, 2.75) is 20.3 Å². The van der Waals surface area contributed by atoms with E-state index in [2.05, 4.69) is 10.4 Å². The van der Waals surface area contributed by atoms with E-state index in [9.17, 15) is 9.59 Å². The highest BCUT2D eigenvalue weighted by molar-refractivity contribution is 7.09. The maximum absolute atomic E-state index is 12.0. The lowest BCUT2D eigenvalue weighted by atomic mass is 10.2. The van der Waals surface area contributed by atoms with Crippen molar-refractivity contribution in [3.63, 3.8) is 0 Å². The minimum Gasteiger partial charge on any atom is -0.452 e. The lowest BCUT2D eigenvalue weighted by Gasteiger charge is -2.05. The molecule has 2 aromatic heterocycles. The van der Waals surface area contributed by atoms with E-state index in [0.29, 0.717) is 6.54 Å².